The molecule has 0 unspecified atom stereocenters. The van der Waals surface area contributed by atoms with Gasteiger partial charge in [-0.05, 0) is 32.7 Å². The second-order valence-corrected chi connectivity index (χ2v) is 6.35. The number of likely N-dealkylation sites (N-methyl/N-ethyl adjacent to an activating group) is 1. The molecule has 0 amide bonds. The van der Waals surface area contributed by atoms with Crippen molar-refractivity contribution in [2.45, 2.75) is 39.2 Å². The molecule has 0 aromatic heterocycles. The van der Waals surface area contributed by atoms with Crippen molar-refractivity contribution in [2.24, 2.45) is 4.99 Å². The summed E-state index contributed by atoms with van der Waals surface area (Å²) in [4.78, 5) is 9.73. The number of guanidine groups is 1. The van der Waals surface area contributed by atoms with Crippen molar-refractivity contribution in [1.82, 2.24) is 20.4 Å². The molecule has 0 aromatic rings. The second kappa shape index (κ2) is 13.1. The van der Waals surface area contributed by atoms with Crippen LogP contribution in [-0.2, 0) is 4.74 Å². The monoisotopic (exact) mass is 453 g/mol. The molecule has 0 aromatic carbocycles. The van der Waals surface area contributed by atoms with Gasteiger partial charge in [-0.3, -0.25) is 14.8 Å². The topological polar surface area (TPSA) is 52.1 Å². The van der Waals surface area contributed by atoms with Gasteiger partial charge in [0.15, 0.2) is 5.96 Å². The Morgan fingerprint density at radius 1 is 1.21 bits per heavy atom. The van der Waals surface area contributed by atoms with E-state index in [1.165, 1.54) is 12.8 Å². The van der Waals surface area contributed by atoms with Gasteiger partial charge in [-0.1, -0.05) is 6.92 Å². The van der Waals surface area contributed by atoms with Crippen LogP contribution in [0.3, 0.4) is 0 Å². The van der Waals surface area contributed by atoms with Crippen molar-refractivity contribution in [3.05, 3.63) is 0 Å². The number of nitrogens with one attached hydrogen (secondary N) is 2. The Labute approximate surface area is 164 Å². The summed E-state index contributed by atoms with van der Waals surface area (Å²) in [6.07, 6.45) is 3.87. The number of hydrogen-bond donors (Lipinski definition) is 2. The van der Waals surface area contributed by atoms with Crippen LogP contribution in [0.5, 0.6) is 0 Å². The molecule has 2 aliphatic rings. The molecule has 1 aliphatic heterocycles. The maximum Gasteiger partial charge on any atom is 0.191 e. The number of morpholine rings is 1. The fourth-order valence-corrected chi connectivity index (χ4v) is 3.01. The molecule has 2 fully saturated rings. The van der Waals surface area contributed by atoms with E-state index in [4.69, 9.17) is 9.73 Å². The fraction of sp³-hybridized carbons (Fsp3) is 0.941. The van der Waals surface area contributed by atoms with Gasteiger partial charge in [0, 0.05) is 51.9 Å². The van der Waals surface area contributed by atoms with E-state index >= 15 is 0 Å². The number of ether oxygens (including phenoxy) is 1. The highest BCUT2D eigenvalue weighted by atomic mass is 127. The molecule has 2 rings (SSSR count). The molecule has 1 saturated heterocycles. The number of aliphatic imine (C=N–C) groups is 1. The smallest absolute Gasteiger partial charge is 0.191 e. The van der Waals surface area contributed by atoms with Gasteiger partial charge >= 0.3 is 0 Å². The van der Waals surface area contributed by atoms with E-state index in [2.05, 4.69) is 34.3 Å². The first-order valence-electron chi connectivity index (χ1n) is 9.39. The molecule has 0 atom stereocenters. The van der Waals surface area contributed by atoms with E-state index in [1.54, 1.807) is 0 Å². The van der Waals surface area contributed by atoms with Crippen LogP contribution in [0.25, 0.3) is 0 Å². The van der Waals surface area contributed by atoms with Gasteiger partial charge in [-0.15, -0.1) is 24.0 Å². The summed E-state index contributed by atoms with van der Waals surface area (Å²) >= 11 is 0. The lowest BCUT2D eigenvalue weighted by Gasteiger charge is -2.26. The zero-order valence-corrected chi connectivity index (χ0v) is 17.8. The molecule has 1 aliphatic carbocycles. The zero-order chi connectivity index (χ0) is 16.3. The van der Waals surface area contributed by atoms with Crippen LogP contribution < -0.4 is 10.6 Å². The van der Waals surface area contributed by atoms with Crippen LogP contribution in [0, 0.1) is 0 Å². The number of hydrogen-bond acceptors (Lipinski definition) is 4. The lowest BCUT2D eigenvalue weighted by molar-refractivity contribution is 0.0377. The van der Waals surface area contributed by atoms with Crippen molar-refractivity contribution in [3.63, 3.8) is 0 Å². The number of rotatable bonds is 10. The second-order valence-electron chi connectivity index (χ2n) is 6.35. The summed E-state index contributed by atoms with van der Waals surface area (Å²) in [5.74, 6) is 0.960. The lowest BCUT2D eigenvalue weighted by atomic mass is 10.3. The predicted octanol–water partition coefficient (Wildman–Crippen LogP) is 1.37. The van der Waals surface area contributed by atoms with Crippen LogP contribution >= 0.6 is 24.0 Å². The molecule has 0 radical (unpaired) electrons. The third kappa shape index (κ3) is 8.82. The first kappa shape index (κ1) is 21.9. The van der Waals surface area contributed by atoms with Crippen molar-refractivity contribution >= 4 is 29.9 Å². The summed E-state index contributed by atoms with van der Waals surface area (Å²) in [6, 6.07) is 0.842. The Hall–Kier alpha value is -0.120. The minimum atomic E-state index is 0. The summed E-state index contributed by atoms with van der Waals surface area (Å²) in [5, 5.41) is 6.81. The Bertz CT molecular complexity index is 346. The molecule has 24 heavy (non-hydrogen) atoms. The molecule has 1 heterocycles. The van der Waals surface area contributed by atoms with E-state index in [1.807, 2.05) is 0 Å². The molecular weight excluding hydrogens is 417 g/mol. The van der Waals surface area contributed by atoms with Crippen molar-refractivity contribution < 1.29 is 4.74 Å². The molecule has 0 spiro atoms. The first-order chi connectivity index (χ1) is 11.3. The highest BCUT2D eigenvalue weighted by molar-refractivity contribution is 14.0. The van der Waals surface area contributed by atoms with E-state index < -0.39 is 0 Å². The number of nitrogens with zero attached hydrogens (tertiary/aromatic N) is 3. The van der Waals surface area contributed by atoms with Crippen LogP contribution in [-0.4, -0.2) is 87.4 Å². The molecule has 2 N–H and O–H groups in total. The quantitative estimate of drug-likeness (QED) is 0.227. The van der Waals surface area contributed by atoms with E-state index in [-0.39, 0.29) is 24.0 Å². The Morgan fingerprint density at radius 2 is 1.96 bits per heavy atom. The van der Waals surface area contributed by atoms with E-state index in [9.17, 15) is 0 Å². The minimum Gasteiger partial charge on any atom is -0.379 e. The Balaban J connectivity index is 0.00000288. The third-order valence-electron chi connectivity index (χ3n) is 4.51. The van der Waals surface area contributed by atoms with Gasteiger partial charge in [0.1, 0.15) is 0 Å². The average Bonchev–Trinajstić information content (AvgIpc) is 3.41. The van der Waals surface area contributed by atoms with Crippen LogP contribution in [0.4, 0.5) is 0 Å². The average molecular weight is 453 g/mol. The van der Waals surface area contributed by atoms with Gasteiger partial charge in [0.25, 0.3) is 0 Å². The molecule has 6 nitrogen and oxygen atoms in total. The molecule has 1 saturated carbocycles. The van der Waals surface area contributed by atoms with Gasteiger partial charge < -0.3 is 15.4 Å². The maximum absolute atomic E-state index is 5.38. The summed E-state index contributed by atoms with van der Waals surface area (Å²) in [5.41, 5.74) is 0. The standard InChI is InChI=1S/C17H35N5O.HI/c1-3-18-17(20-9-11-22(4-2)16-6-7-16)19-8-5-10-21-12-14-23-15-13-21;/h16H,3-15H2,1-2H3,(H2,18,19,20);1H. The highest BCUT2D eigenvalue weighted by Gasteiger charge is 2.27. The van der Waals surface area contributed by atoms with Gasteiger partial charge in [0.05, 0.1) is 13.2 Å². The van der Waals surface area contributed by atoms with Crippen molar-refractivity contribution in [2.75, 3.05) is 65.6 Å². The molecule has 142 valence electrons. The normalized spacial score (nSPS) is 19.2. The minimum absolute atomic E-state index is 0. The van der Waals surface area contributed by atoms with Gasteiger partial charge in [-0.25, -0.2) is 0 Å². The van der Waals surface area contributed by atoms with E-state index in [0.717, 1.165) is 84.0 Å². The Kier molecular flexibility index (Phi) is 12.0. The van der Waals surface area contributed by atoms with Crippen LogP contribution in [0.2, 0.25) is 0 Å². The lowest BCUT2D eigenvalue weighted by Crippen LogP contribution is -2.42. The van der Waals surface area contributed by atoms with Crippen LogP contribution in [0.15, 0.2) is 4.99 Å². The summed E-state index contributed by atoms with van der Waals surface area (Å²) in [6.45, 7) is 14.4. The zero-order valence-electron chi connectivity index (χ0n) is 15.4. The first-order valence-corrected chi connectivity index (χ1v) is 9.39. The van der Waals surface area contributed by atoms with Gasteiger partial charge in [0.2, 0.25) is 0 Å². The third-order valence-corrected chi connectivity index (χ3v) is 4.51. The maximum atomic E-state index is 5.38. The van der Waals surface area contributed by atoms with E-state index in [0.29, 0.717) is 0 Å². The number of halogens is 1. The summed E-state index contributed by atoms with van der Waals surface area (Å²) in [7, 11) is 0. The SMILES string of the molecule is CCNC(=NCCCN1CCOCC1)NCCN(CC)C1CC1.I. The highest BCUT2D eigenvalue weighted by Crippen LogP contribution is 2.25. The van der Waals surface area contributed by atoms with Crippen molar-refractivity contribution in [1.29, 1.82) is 0 Å². The molecule has 0 bridgehead atoms. The fourth-order valence-electron chi connectivity index (χ4n) is 3.01. The van der Waals surface area contributed by atoms with Gasteiger partial charge in [-0.2, -0.15) is 0 Å². The van der Waals surface area contributed by atoms with Crippen LogP contribution in [0.1, 0.15) is 33.1 Å². The molecular formula is C17H36IN5O. The largest absolute Gasteiger partial charge is 0.379 e. The van der Waals surface area contributed by atoms with Crippen molar-refractivity contribution in [3.8, 4) is 0 Å². The Morgan fingerprint density at radius 3 is 2.58 bits per heavy atom. The molecule has 7 heteroatoms. The summed E-state index contributed by atoms with van der Waals surface area (Å²) < 4.78 is 5.38. The predicted molar refractivity (Wildman–Crippen MR) is 112 cm³/mol.